The van der Waals surface area contributed by atoms with Gasteiger partial charge in [0.05, 0.1) is 0 Å². The Hall–Kier alpha value is -1.01. The van der Waals surface area contributed by atoms with Crippen molar-refractivity contribution in [3.05, 3.63) is 0 Å². The number of terminal acetylenes is 1. The topological polar surface area (TPSA) is 32.3 Å². The van der Waals surface area contributed by atoms with E-state index in [9.17, 15) is 4.79 Å². The third-order valence-electron chi connectivity index (χ3n) is 3.27. The SMILES string of the molecule is C#CC(=O)N1CCNC2CCCCC21. The second kappa shape index (κ2) is 4.02. The minimum Gasteiger partial charge on any atom is -0.326 e. The molecule has 14 heavy (non-hydrogen) atoms. The largest absolute Gasteiger partial charge is 0.326 e. The predicted molar refractivity (Wildman–Crippen MR) is 54.6 cm³/mol. The second-order valence-corrected chi connectivity index (χ2v) is 4.06. The zero-order valence-corrected chi connectivity index (χ0v) is 8.33. The Balaban J connectivity index is 2.09. The van der Waals surface area contributed by atoms with Crippen LogP contribution < -0.4 is 5.32 Å². The van der Waals surface area contributed by atoms with Crippen LogP contribution in [-0.2, 0) is 4.79 Å². The maximum atomic E-state index is 11.5. The third-order valence-corrected chi connectivity index (χ3v) is 3.27. The van der Waals surface area contributed by atoms with Crippen molar-refractivity contribution in [3.8, 4) is 12.3 Å². The number of hydrogen-bond acceptors (Lipinski definition) is 2. The zero-order chi connectivity index (χ0) is 9.97. The van der Waals surface area contributed by atoms with Gasteiger partial charge in [0.2, 0.25) is 0 Å². The standard InChI is InChI=1S/C11H16N2O/c1-2-11(14)13-8-7-12-9-5-3-4-6-10(9)13/h1,9-10,12H,3-8H2. The van der Waals surface area contributed by atoms with Gasteiger partial charge < -0.3 is 10.2 Å². The van der Waals surface area contributed by atoms with E-state index in [1.165, 1.54) is 19.3 Å². The van der Waals surface area contributed by atoms with Crippen molar-refractivity contribution in [2.24, 2.45) is 0 Å². The van der Waals surface area contributed by atoms with Crippen LogP contribution in [0, 0.1) is 12.3 Å². The number of hydrogen-bond donors (Lipinski definition) is 1. The first-order valence-electron chi connectivity index (χ1n) is 5.33. The van der Waals surface area contributed by atoms with Crippen LogP contribution in [-0.4, -0.2) is 36.0 Å². The summed E-state index contributed by atoms with van der Waals surface area (Å²) in [6.07, 6.45) is 9.93. The molecule has 1 aliphatic carbocycles. The van der Waals surface area contributed by atoms with Crippen molar-refractivity contribution in [2.45, 2.75) is 37.8 Å². The van der Waals surface area contributed by atoms with Crippen LogP contribution in [0.25, 0.3) is 0 Å². The molecule has 1 aliphatic heterocycles. The minimum absolute atomic E-state index is 0.136. The van der Waals surface area contributed by atoms with Gasteiger partial charge in [-0.25, -0.2) is 0 Å². The highest BCUT2D eigenvalue weighted by atomic mass is 16.2. The van der Waals surface area contributed by atoms with E-state index >= 15 is 0 Å². The molecule has 3 heteroatoms. The number of carbonyl (C=O) groups excluding carboxylic acids is 1. The van der Waals surface area contributed by atoms with E-state index in [1.807, 2.05) is 4.90 Å². The number of fused-ring (bicyclic) bond motifs is 1. The van der Waals surface area contributed by atoms with Crippen LogP contribution >= 0.6 is 0 Å². The average molecular weight is 192 g/mol. The summed E-state index contributed by atoms with van der Waals surface area (Å²) < 4.78 is 0. The summed E-state index contributed by atoms with van der Waals surface area (Å²) in [5, 5.41) is 3.47. The number of amides is 1. The first-order valence-corrected chi connectivity index (χ1v) is 5.33. The Kier molecular flexibility index (Phi) is 2.74. The highest BCUT2D eigenvalue weighted by molar-refractivity contribution is 5.93. The van der Waals surface area contributed by atoms with Crippen molar-refractivity contribution in [2.75, 3.05) is 13.1 Å². The highest BCUT2D eigenvalue weighted by Gasteiger charge is 2.34. The first kappa shape index (κ1) is 9.54. The van der Waals surface area contributed by atoms with E-state index in [-0.39, 0.29) is 5.91 Å². The molecule has 2 atom stereocenters. The van der Waals surface area contributed by atoms with Gasteiger partial charge in [0.1, 0.15) is 0 Å². The van der Waals surface area contributed by atoms with Gasteiger partial charge in [0.25, 0.3) is 5.91 Å². The fourth-order valence-corrected chi connectivity index (χ4v) is 2.59. The molecule has 2 unspecified atom stereocenters. The van der Waals surface area contributed by atoms with Crippen molar-refractivity contribution in [1.29, 1.82) is 0 Å². The zero-order valence-electron chi connectivity index (χ0n) is 8.33. The molecule has 1 heterocycles. The second-order valence-electron chi connectivity index (χ2n) is 4.06. The average Bonchev–Trinajstić information content (AvgIpc) is 2.27. The smallest absolute Gasteiger partial charge is 0.298 e. The maximum Gasteiger partial charge on any atom is 0.298 e. The number of rotatable bonds is 0. The summed E-state index contributed by atoms with van der Waals surface area (Å²) in [4.78, 5) is 13.4. The number of nitrogens with one attached hydrogen (secondary N) is 1. The molecule has 0 aromatic carbocycles. The summed E-state index contributed by atoms with van der Waals surface area (Å²) in [5.74, 6) is 2.09. The quantitative estimate of drug-likeness (QED) is 0.562. The molecule has 76 valence electrons. The Morgan fingerprint density at radius 2 is 2.21 bits per heavy atom. The molecule has 1 saturated heterocycles. The van der Waals surface area contributed by atoms with Crippen LogP contribution in [0.3, 0.4) is 0 Å². The Morgan fingerprint density at radius 3 is 3.00 bits per heavy atom. The van der Waals surface area contributed by atoms with Gasteiger partial charge in [-0.3, -0.25) is 4.79 Å². The third kappa shape index (κ3) is 1.62. The molecule has 1 amide bonds. The monoisotopic (exact) mass is 192 g/mol. The maximum absolute atomic E-state index is 11.5. The molecule has 1 N–H and O–H groups in total. The molecule has 0 bridgehead atoms. The van der Waals surface area contributed by atoms with Gasteiger partial charge in [-0.05, 0) is 18.8 Å². The molecule has 0 aromatic heterocycles. The summed E-state index contributed by atoms with van der Waals surface area (Å²) in [6, 6.07) is 0.829. The van der Waals surface area contributed by atoms with Crippen LogP contribution in [0.2, 0.25) is 0 Å². The van der Waals surface area contributed by atoms with E-state index in [1.54, 1.807) is 0 Å². The van der Waals surface area contributed by atoms with E-state index in [0.29, 0.717) is 12.1 Å². The van der Waals surface area contributed by atoms with Crippen molar-refractivity contribution in [1.82, 2.24) is 10.2 Å². The molecule has 1 saturated carbocycles. The van der Waals surface area contributed by atoms with E-state index < -0.39 is 0 Å². The van der Waals surface area contributed by atoms with Gasteiger partial charge >= 0.3 is 0 Å². The van der Waals surface area contributed by atoms with Gasteiger partial charge in [-0.1, -0.05) is 12.8 Å². The van der Waals surface area contributed by atoms with Crippen molar-refractivity contribution in [3.63, 3.8) is 0 Å². The van der Waals surface area contributed by atoms with E-state index in [0.717, 1.165) is 19.5 Å². The van der Waals surface area contributed by atoms with E-state index in [2.05, 4.69) is 11.2 Å². The molecule has 3 nitrogen and oxygen atoms in total. The molecular weight excluding hydrogens is 176 g/mol. The Morgan fingerprint density at radius 1 is 1.43 bits per heavy atom. The molecular formula is C11H16N2O. The fourth-order valence-electron chi connectivity index (χ4n) is 2.59. The van der Waals surface area contributed by atoms with Gasteiger partial charge in [-0.2, -0.15) is 0 Å². The normalized spacial score (nSPS) is 31.8. The molecule has 2 fully saturated rings. The Labute approximate surface area is 84.8 Å². The number of piperazine rings is 1. The lowest BCUT2D eigenvalue weighted by Crippen LogP contribution is -2.60. The van der Waals surface area contributed by atoms with Gasteiger partial charge in [-0.15, -0.1) is 6.42 Å². The van der Waals surface area contributed by atoms with Crippen LogP contribution in [0.4, 0.5) is 0 Å². The van der Waals surface area contributed by atoms with Crippen molar-refractivity contribution >= 4 is 5.91 Å². The lowest BCUT2D eigenvalue weighted by atomic mass is 9.87. The van der Waals surface area contributed by atoms with Crippen LogP contribution in [0.5, 0.6) is 0 Å². The lowest BCUT2D eigenvalue weighted by molar-refractivity contribution is -0.129. The summed E-state index contributed by atoms with van der Waals surface area (Å²) >= 11 is 0. The predicted octanol–water partition coefficient (Wildman–Crippen LogP) is 0.363. The van der Waals surface area contributed by atoms with Crippen LogP contribution in [0.15, 0.2) is 0 Å². The molecule has 2 rings (SSSR count). The van der Waals surface area contributed by atoms with Gasteiger partial charge in [0, 0.05) is 25.2 Å². The summed E-state index contributed by atoms with van der Waals surface area (Å²) in [7, 11) is 0. The number of carbonyl (C=O) groups is 1. The highest BCUT2D eigenvalue weighted by Crippen LogP contribution is 2.25. The fraction of sp³-hybridized carbons (Fsp3) is 0.727. The van der Waals surface area contributed by atoms with Gasteiger partial charge in [0.15, 0.2) is 0 Å². The Bertz CT molecular complexity index is 267. The molecule has 0 radical (unpaired) electrons. The minimum atomic E-state index is -0.136. The first-order chi connectivity index (χ1) is 6.83. The molecule has 0 aromatic rings. The molecule has 2 aliphatic rings. The molecule has 0 spiro atoms. The summed E-state index contributed by atoms with van der Waals surface area (Å²) in [6.45, 7) is 1.65. The lowest BCUT2D eigenvalue weighted by Gasteiger charge is -2.43. The van der Waals surface area contributed by atoms with Crippen molar-refractivity contribution < 1.29 is 4.79 Å². The van der Waals surface area contributed by atoms with E-state index in [4.69, 9.17) is 6.42 Å². The number of nitrogens with zero attached hydrogens (tertiary/aromatic N) is 1. The summed E-state index contributed by atoms with van der Waals surface area (Å²) in [5.41, 5.74) is 0. The van der Waals surface area contributed by atoms with Crippen LogP contribution in [0.1, 0.15) is 25.7 Å².